The average molecular weight is 591 g/mol. The van der Waals surface area contributed by atoms with Gasteiger partial charge in [0, 0.05) is 9.79 Å². The van der Waals surface area contributed by atoms with Crippen molar-refractivity contribution < 1.29 is 19.0 Å². The maximum absolute atomic E-state index is 12.9. The van der Waals surface area contributed by atoms with Crippen molar-refractivity contribution in [2.24, 2.45) is 23.7 Å². The van der Waals surface area contributed by atoms with Gasteiger partial charge in [0.05, 0.1) is 0 Å². The van der Waals surface area contributed by atoms with Gasteiger partial charge in [0.15, 0.2) is 6.61 Å². The normalized spacial score (nSPS) is 27.0. The molecular weight excluding hydrogens is 552 g/mol. The summed E-state index contributed by atoms with van der Waals surface area (Å²) in [6.45, 7) is 4.08. The highest BCUT2D eigenvalue weighted by molar-refractivity contribution is 8.17. The summed E-state index contributed by atoms with van der Waals surface area (Å²) in [5, 5.41) is 0. The Bertz CT molecular complexity index is 1620. The Balaban J connectivity index is 0.910. The van der Waals surface area contributed by atoms with E-state index >= 15 is 0 Å². The summed E-state index contributed by atoms with van der Waals surface area (Å²) < 4.78 is 18.3. The first-order chi connectivity index (χ1) is 20.9. The second-order valence-corrected chi connectivity index (χ2v) is 15.3. The van der Waals surface area contributed by atoms with E-state index in [-0.39, 0.29) is 18.2 Å². The van der Waals surface area contributed by atoms with Gasteiger partial charge in [-0.05, 0) is 146 Å². The van der Waals surface area contributed by atoms with Crippen LogP contribution < -0.4 is 9.47 Å². The van der Waals surface area contributed by atoms with E-state index in [1.165, 1.54) is 57.9 Å². The first-order valence-electron chi connectivity index (χ1n) is 15.7. The van der Waals surface area contributed by atoms with Gasteiger partial charge in [0.25, 0.3) is 0 Å². The minimum Gasteiger partial charge on any atom is -0.482 e. The second-order valence-electron chi connectivity index (χ2n) is 13.1. The van der Waals surface area contributed by atoms with Crippen LogP contribution in [-0.4, -0.2) is 18.2 Å². The number of hydrogen-bond donors (Lipinski definition) is 1. The third kappa shape index (κ3) is 4.73. The Morgan fingerprint density at radius 1 is 0.767 bits per heavy atom. The first-order valence-corrected chi connectivity index (χ1v) is 17.0. The van der Waals surface area contributed by atoms with Crippen LogP contribution in [0.5, 0.6) is 17.2 Å². The molecule has 9 rings (SSSR count). The summed E-state index contributed by atoms with van der Waals surface area (Å²) in [6.07, 6.45) is 6.24. The van der Waals surface area contributed by atoms with Crippen LogP contribution >= 0.6 is 10.9 Å². The molecule has 4 bridgehead atoms. The molecule has 0 aromatic heterocycles. The van der Waals surface area contributed by atoms with Crippen LogP contribution in [0.15, 0.2) is 106 Å². The molecule has 4 aromatic rings. The highest BCUT2D eigenvalue weighted by Gasteiger charge is 2.57. The molecule has 0 saturated heterocycles. The standard InChI is InChI=1S/C38H38O4S/c1-24-17-30(13-16-34(24)40-23-37(39)42-38(2)27-19-25-18-26(21-27)22-28(38)20-25)41-29-11-14-31(15-12-29)43-35-9-5-3-7-32(35)33-8-4-6-10-36(33)43/h3-17,25-28,43H,18-23H2,1-2H3. The molecule has 43 heavy (non-hydrogen) atoms. The Morgan fingerprint density at radius 2 is 1.35 bits per heavy atom. The summed E-state index contributed by atoms with van der Waals surface area (Å²) in [5.74, 6) is 4.64. The molecule has 1 heterocycles. The Kier molecular flexibility index (Phi) is 6.56. The van der Waals surface area contributed by atoms with Gasteiger partial charge in [-0.2, -0.15) is 10.9 Å². The molecule has 220 valence electrons. The fourth-order valence-corrected chi connectivity index (χ4v) is 11.2. The Morgan fingerprint density at radius 3 is 1.95 bits per heavy atom. The number of rotatable bonds is 7. The lowest BCUT2D eigenvalue weighted by atomic mass is 9.50. The summed E-state index contributed by atoms with van der Waals surface area (Å²) in [6, 6.07) is 31.8. The van der Waals surface area contributed by atoms with Crippen LogP contribution in [0, 0.1) is 30.6 Å². The maximum Gasteiger partial charge on any atom is 0.344 e. The number of hydrogen-bond acceptors (Lipinski definition) is 4. The minimum absolute atomic E-state index is 0.0698. The zero-order chi connectivity index (χ0) is 29.1. The number of carbonyl (C=O) groups excluding carboxylic acids is 1. The largest absolute Gasteiger partial charge is 0.482 e. The molecule has 0 atom stereocenters. The zero-order valence-corrected chi connectivity index (χ0v) is 25.7. The molecule has 4 nitrogen and oxygen atoms in total. The van der Waals surface area contributed by atoms with E-state index in [1.807, 2.05) is 25.1 Å². The van der Waals surface area contributed by atoms with Crippen LogP contribution in [0.4, 0.5) is 0 Å². The molecule has 1 aliphatic heterocycles. The van der Waals surface area contributed by atoms with Crippen molar-refractivity contribution in [2.75, 3.05) is 6.61 Å². The summed E-state index contributed by atoms with van der Waals surface area (Å²) in [4.78, 5) is 17.1. The third-order valence-electron chi connectivity index (χ3n) is 10.5. The molecule has 5 aliphatic rings. The van der Waals surface area contributed by atoms with Crippen molar-refractivity contribution in [3.63, 3.8) is 0 Å². The highest BCUT2D eigenvalue weighted by atomic mass is 32.2. The minimum atomic E-state index is -0.585. The Labute approximate surface area is 256 Å². The van der Waals surface area contributed by atoms with Gasteiger partial charge >= 0.3 is 5.97 Å². The molecule has 0 N–H and O–H groups in total. The molecule has 5 heteroatoms. The monoisotopic (exact) mass is 590 g/mol. The molecule has 0 radical (unpaired) electrons. The summed E-state index contributed by atoms with van der Waals surface area (Å²) in [5.41, 5.74) is 3.28. The summed E-state index contributed by atoms with van der Waals surface area (Å²) in [7, 11) is -0.585. The molecule has 4 aromatic carbocycles. The Hall–Kier alpha value is -3.70. The van der Waals surface area contributed by atoms with E-state index in [0.717, 1.165) is 28.9 Å². The maximum atomic E-state index is 12.9. The molecule has 0 amide bonds. The fraction of sp³-hybridized carbons (Fsp3) is 0.342. The molecule has 4 fully saturated rings. The third-order valence-corrected chi connectivity index (χ3v) is 13.1. The van der Waals surface area contributed by atoms with Gasteiger partial charge in [-0.3, -0.25) is 0 Å². The van der Waals surface area contributed by atoms with Crippen molar-refractivity contribution in [1.82, 2.24) is 0 Å². The molecule has 4 aliphatic carbocycles. The molecule has 0 unspecified atom stereocenters. The number of thiol groups is 1. The van der Waals surface area contributed by atoms with Gasteiger partial charge < -0.3 is 14.2 Å². The van der Waals surface area contributed by atoms with Gasteiger partial charge in [0.2, 0.25) is 0 Å². The van der Waals surface area contributed by atoms with Crippen molar-refractivity contribution in [3.05, 3.63) is 96.6 Å². The smallest absolute Gasteiger partial charge is 0.344 e. The lowest BCUT2D eigenvalue weighted by Crippen LogP contribution is -2.58. The zero-order valence-electron chi connectivity index (χ0n) is 24.8. The van der Waals surface area contributed by atoms with Crippen molar-refractivity contribution in [3.8, 4) is 28.4 Å². The topological polar surface area (TPSA) is 44.8 Å². The van der Waals surface area contributed by atoms with Crippen molar-refractivity contribution in [2.45, 2.75) is 66.2 Å². The van der Waals surface area contributed by atoms with Crippen LogP contribution in [0.25, 0.3) is 11.1 Å². The van der Waals surface area contributed by atoms with Crippen molar-refractivity contribution in [1.29, 1.82) is 0 Å². The van der Waals surface area contributed by atoms with E-state index in [1.54, 1.807) is 0 Å². The van der Waals surface area contributed by atoms with Crippen LogP contribution in [0.1, 0.15) is 44.6 Å². The number of benzene rings is 4. The molecule has 0 spiro atoms. The number of carbonyl (C=O) groups is 1. The number of aryl methyl sites for hydroxylation is 1. The van der Waals surface area contributed by atoms with Crippen LogP contribution in [-0.2, 0) is 9.53 Å². The predicted octanol–water partition coefficient (Wildman–Crippen LogP) is 9.38. The summed E-state index contributed by atoms with van der Waals surface area (Å²) >= 11 is 0. The highest BCUT2D eigenvalue weighted by Crippen LogP contribution is 2.62. The van der Waals surface area contributed by atoms with Gasteiger partial charge in [0.1, 0.15) is 22.8 Å². The lowest BCUT2D eigenvalue weighted by Gasteiger charge is -2.59. The number of ether oxygens (including phenoxy) is 3. The molecular formula is C38H38O4S. The van der Waals surface area contributed by atoms with E-state index in [2.05, 4.69) is 79.7 Å². The van der Waals surface area contributed by atoms with Gasteiger partial charge in [-0.15, -0.1) is 0 Å². The number of fused-ring (bicyclic) bond motifs is 3. The van der Waals surface area contributed by atoms with Gasteiger partial charge in [-0.25, -0.2) is 4.79 Å². The van der Waals surface area contributed by atoms with E-state index in [9.17, 15) is 4.79 Å². The quantitative estimate of drug-likeness (QED) is 0.152. The first kappa shape index (κ1) is 26.9. The predicted molar refractivity (Wildman–Crippen MR) is 170 cm³/mol. The fourth-order valence-electron chi connectivity index (χ4n) is 8.55. The number of esters is 1. The van der Waals surface area contributed by atoms with Crippen molar-refractivity contribution >= 4 is 16.9 Å². The second kappa shape index (κ2) is 10.5. The average Bonchev–Trinajstić information content (AvgIpc) is 3.34. The molecule has 4 saturated carbocycles. The SMILES string of the molecule is Cc1cc(Oc2ccc([SH]3c4ccccc4-c4ccccc43)cc2)ccc1OCC(=O)OC1(C)C2CC3CC(C2)CC1C3. The van der Waals surface area contributed by atoms with E-state index in [4.69, 9.17) is 14.2 Å². The van der Waals surface area contributed by atoms with E-state index in [0.29, 0.717) is 17.6 Å². The van der Waals surface area contributed by atoms with Gasteiger partial charge in [-0.1, -0.05) is 36.4 Å². The lowest BCUT2D eigenvalue weighted by molar-refractivity contribution is -0.204. The van der Waals surface area contributed by atoms with Crippen LogP contribution in [0.3, 0.4) is 0 Å². The van der Waals surface area contributed by atoms with E-state index < -0.39 is 10.9 Å². The van der Waals surface area contributed by atoms with Crippen LogP contribution in [0.2, 0.25) is 0 Å².